The number of aromatic amines is 1. The van der Waals surface area contributed by atoms with E-state index in [0.29, 0.717) is 0 Å². The molecular weight excluding hydrogens is 212 g/mol. The molecule has 0 spiro atoms. The van der Waals surface area contributed by atoms with E-state index < -0.39 is 0 Å². The van der Waals surface area contributed by atoms with Gasteiger partial charge >= 0.3 is 0 Å². The van der Waals surface area contributed by atoms with Crippen molar-refractivity contribution >= 4 is 18.1 Å². The van der Waals surface area contributed by atoms with Crippen LogP contribution < -0.4 is 5.32 Å². The van der Waals surface area contributed by atoms with Crippen LogP contribution >= 0.6 is 0 Å². The minimum absolute atomic E-state index is 0.00423. The molecule has 1 rings (SSSR count). The number of carbonyl (C=O) groups excluding carboxylic acids is 1. The van der Waals surface area contributed by atoms with E-state index in [-0.39, 0.29) is 11.9 Å². The van der Waals surface area contributed by atoms with Crippen LogP contribution in [-0.2, 0) is 11.2 Å². The van der Waals surface area contributed by atoms with Gasteiger partial charge in [-0.2, -0.15) is 0 Å². The second-order valence-corrected chi connectivity index (χ2v) is 4.15. The second kappa shape index (κ2) is 6.09. The molecule has 0 saturated heterocycles. The minimum atomic E-state index is 0.00423. The summed E-state index contributed by atoms with van der Waals surface area (Å²) in [5.74, 6) is 0.00423. The molecular formula is C14H20N2O. The lowest BCUT2D eigenvalue weighted by atomic mass is 10.0. The van der Waals surface area contributed by atoms with E-state index in [1.54, 1.807) is 0 Å². The highest BCUT2D eigenvalue weighted by Gasteiger charge is 2.10. The van der Waals surface area contributed by atoms with Gasteiger partial charge in [0.05, 0.1) is 0 Å². The van der Waals surface area contributed by atoms with Gasteiger partial charge in [-0.3, -0.25) is 4.79 Å². The quantitative estimate of drug-likeness (QED) is 0.805. The third kappa shape index (κ3) is 3.63. The first kappa shape index (κ1) is 13.3. The lowest BCUT2D eigenvalue weighted by Crippen LogP contribution is -2.32. The predicted molar refractivity (Wildman–Crippen MR) is 72.6 cm³/mol. The van der Waals surface area contributed by atoms with Crippen LogP contribution in [0.2, 0.25) is 0 Å². The van der Waals surface area contributed by atoms with E-state index in [0.717, 1.165) is 17.7 Å². The van der Waals surface area contributed by atoms with Crippen LogP contribution in [0.5, 0.6) is 0 Å². The molecule has 0 fully saturated rings. The van der Waals surface area contributed by atoms with Gasteiger partial charge in [-0.25, -0.2) is 0 Å². The molecule has 0 aliphatic carbocycles. The van der Waals surface area contributed by atoms with Crippen LogP contribution in [0.25, 0.3) is 12.2 Å². The Balaban J connectivity index is 2.87. The maximum Gasteiger partial charge on any atom is 0.217 e. The fourth-order valence-corrected chi connectivity index (χ4v) is 1.92. The molecule has 92 valence electrons. The van der Waals surface area contributed by atoms with Crippen molar-refractivity contribution in [2.45, 2.75) is 33.2 Å². The van der Waals surface area contributed by atoms with Gasteiger partial charge in [0.2, 0.25) is 5.91 Å². The summed E-state index contributed by atoms with van der Waals surface area (Å²) in [6, 6.07) is 0.130. The predicted octanol–water partition coefficient (Wildman–Crippen LogP) is 2.76. The highest BCUT2D eigenvalue weighted by Crippen LogP contribution is 2.18. The van der Waals surface area contributed by atoms with E-state index in [4.69, 9.17) is 0 Å². The van der Waals surface area contributed by atoms with E-state index in [1.807, 2.05) is 32.2 Å². The number of hydrogen-bond acceptors (Lipinski definition) is 1. The number of amides is 1. The maximum atomic E-state index is 11.0. The summed E-state index contributed by atoms with van der Waals surface area (Å²) in [7, 11) is 0. The van der Waals surface area contributed by atoms with Crippen LogP contribution in [0, 0.1) is 0 Å². The van der Waals surface area contributed by atoms with Crippen LogP contribution in [-0.4, -0.2) is 16.9 Å². The Morgan fingerprint density at radius 3 is 2.88 bits per heavy atom. The van der Waals surface area contributed by atoms with Crippen molar-refractivity contribution in [2.24, 2.45) is 0 Å². The Morgan fingerprint density at radius 1 is 1.65 bits per heavy atom. The third-order valence-corrected chi connectivity index (χ3v) is 2.55. The summed E-state index contributed by atoms with van der Waals surface area (Å²) in [4.78, 5) is 14.2. The molecule has 0 radical (unpaired) electrons. The highest BCUT2D eigenvalue weighted by atomic mass is 16.1. The summed E-state index contributed by atoms with van der Waals surface area (Å²) in [6.45, 7) is 9.31. The number of carbonyl (C=O) groups is 1. The molecule has 0 saturated carbocycles. The van der Waals surface area contributed by atoms with Crippen molar-refractivity contribution in [3.63, 3.8) is 0 Å². The molecule has 1 aromatic rings. The third-order valence-electron chi connectivity index (χ3n) is 2.55. The molecule has 3 nitrogen and oxygen atoms in total. The van der Waals surface area contributed by atoms with Gasteiger partial charge in [0.1, 0.15) is 0 Å². The van der Waals surface area contributed by atoms with Gasteiger partial charge in [0, 0.05) is 30.4 Å². The van der Waals surface area contributed by atoms with Gasteiger partial charge in [-0.1, -0.05) is 18.7 Å². The highest BCUT2D eigenvalue weighted by molar-refractivity contribution is 5.73. The lowest BCUT2D eigenvalue weighted by molar-refractivity contribution is -0.119. The molecule has 1 amide bonds. The number of aromatic nitrogens is 1. The standard InChI is InChI=1S/C14H20N2O/c1-5-7-13-12(9-15-14(13)6-2)8-10(3)16-11(4)17/h5-7,9-10,15H,2,8H2,1,3-4H3,(H,16,17)/b7-5-. The van der Waals surface area contributed by atoms with Crippen LogP contribution in [0.15, 0.2) is 18.9 Å². The molecule has 0 bridgehead atoms. The van der Waals surface area contributed by atoms with Crippen molar-refractivity contribution in [1.29, 1.82) is 0 Å². The fraction of sp³-hybridized carbons (Fsp3) is 0.357. The van der Waals surface area contributed by atoms with Crippen molar-refractivity contribution in [2.75, 3.05) is 0 Å². The monoisotopic (exact) mass is 232 g/mol. The zero-order valence-corrected chi connectivity index (χ0v) is 10.7. The molecule has 0 aliphatic heterocycles. The van der Waals surface area contributed by atoms with E-state index in [9.17, 15) is 4.79 Å². The van der Waals surface area contributed by atoms with Crippen LogP contribution in [0.1, 0.15) is 37.6 Å². The minimum Gasteiger partial charge on any atom is -0.361 e. The van der Waals surface area contributed by atoms with E-state index in [2.05, 4.69) is 23.0 Å². The summed E-state index contributed by atoms with van der Waals surface area (Å²) >= 11 is 0. The molecule has 2 N–H and O–H groups in total. The smallest absolute Gasteiger partial charge is 0.217 e. The first-order valence-electron chi connectivity index (χ1n) is 5.81. The average Bonchev–Trinajstić information content (AvgIpc) is 2.60. The summed E-state index contributed by atoms with van der Waals surface area (Å²) in [5.41, 5.74) is 3.37. The van der Waals surface area contributed by atoms with Crippen LogP contribution in [0.4, 0.5) is 0 Å². The second-order valence-electron chi connectivity index (χ2n) is 4.15. The van der Waals surface area contributed by atoms with Crippen molar-refractivity contribution < 1.29 is 4.79 Å². The Labute approximate surface area is 103 Å². The van der Waals surface area contributed by atoms with E-state index >= 15 is 0 Å². The van der Waals surface area contributed by atoms with Crippen molar-refractivity contribution in [3.8, 4) is 0 Å². The molecule has 1 aromatic heterocycles. The largest absolute Gasteiger partial charge is 0.361 e. The van der Waals surface area contributed by atoms with Crippen molar-refractivity contribution in [1.82, 2.24) is 10.3 Å². The Bertz CT molecular complexity index is 429. The Morgan fingerprint density at radius 2 is 2.35 bits per heavy atom. The summed E-state index contributed by atoms with van der Waals surface area (Å²) in [6.07, 6.45) is 8.65. The van der Waals surface area contributed by atoms with Crippen LogP contribution in [0.3, 0.4) is 0 Å². The number of H-pyrrole nitrogens is 1. The molecule has 1 heterocycles. The summed E-state index contributed by atoms with van der Waals surface area (Å²) in [5, 5.41) is 2.89. The Hall–Kier alpha value is -1.77. The molecule has 1 atom stereocenters. The molecule has 0 aromatic carbocycles. The number of rotatable bonds is 5. The topological polar surface area (TPSA) is 44.9 Å². The maximum absolute atomic E-state index is 11.0. The van der Waals surface area contributed by atoms with Gasteiger partial charge in [-0.05, 0) is 31.9 Å². The molecule has 3 heteroatoms. The fourth-order valence-electron chi connectivity index (χ4n) is 1.92. The number of allylic oxidation sites excluding steroid dienone is 1. The first-order chi connectivity index (χ1) is 8.08. The Kier molecular flexibility index (Phi) is 4.76. The molecule has 1 unspecified atom stereocenters. The normalized spacial score (nSPS) is 12.6. The van der Waals surface area contributed by atoms with Gasteiger partial charge in [-0.15, -0.1) is 0 Å². The van der Waals surface area contributed by atoms with Gasteiger partial charge in [0.25, 0.3) is 0 Å². The summed E-state index contributed by atoms with van der Waals surface area (Å²) < 4.78 is 0. The zero-order chi connectivity index (χ0) is 12.8. The van der Waals surface area contributed by atoms with Crippen molar-refractivity contribution in [3.05, 3.63) is 35.7 Å². The van der Waals surface area contributed by atoms with Gasteiger partial charge < -0.3 is 10.3 Å². The number of hydrogen-bond donors (Lipinski definition) is 2. The number of nitrogens with one attached hydrogen (secondary N) is 2. The molecule has 17 heavy (non-hydrogen) atoms. The molecule has 0 aliphatic rings. The first-order valence-corrected chi connectivity index (χ1v) is 5.81. The average molecular weight is 232 g/mol. The lowest BCUT2D eigenvalue weighted by Gasteiger charge is -2.12. The zero-order valence-electron chi connectivity index (χ0n) is 10.7. The SMILES string of the molecule is C=Cc1[nH]cc(CC(C)NC(C)=O)c1/C=C\C. The van der Waals surface area contributed by atoms with Gasteiger partial charge in [0.15, 0.2) is 0 Å². The van der Waals surface area contributed by atoms with E-state index in [1.165, 1.54) is 12.5 Å².